The van der Waals surface area contributed by atoms with Crippen LogP contribution in [0.4, 0.5) is 0 Å². The number of phenols is 1. The van der Waals surface area contributed by atoms with Crippen LogP contribution in [0.15, 0.2) is 41.4 Å². The summed E-state index contributed by atoms with van der Waals surface area (Å²) in [5.41, 5.74) is 3.46. The molecule has 0 spiro atoms. The quantitative estimate of drug-likeness (QED) is 0.246. The van der Waals surface area contributed by atoms with Crippen LogP contribution >= 0.6 is 23.2 Å². The fraction of sp³-hybridized carbons (Fsp3) is 0.440. The van der Waals surface area contributed by atoms with Crippen molar-refractivity contribution in [2.45, 2.75) is 56.1 Å². The van der Waals surface area contributed by atoms with Gasteiger partial charge in [-0.3, -0.25) is 5.32 Å². The van der Waals surface area contributed by atoms with Crippen molar-refractivity contribution in [1.29, 1.82) is 5.26 Å². The SMILES string of the molecule is CN(C)C(Cc1cc(Cl)c(O)c(Cl)c1)C1(NC(=NC2CCc3ccccc3C2)NC#N)CC1. The van der Waals surface area contributed by atoms with E-state index in [1.165, 1.54) is 11.1 Å². The molecule has 1 fully saturated rings. The lowest BCUT2D eigenvalue weighted by Gasteiger charge is -2.34. The molecule has 2 aromatic carbocycles. The van der Waals surface area contributed by atoms with Crippen LogP contribution in [0.3, 0.4) is 0 Å². The summed E-state index contributed by atoms with van der Waals surface area (Å²) < 4.78 is 0. The van der Waals surface area contributed by atoms with Crippen molar-refractivity contribution >= 4 is 29.2 Å². The second kappa shape index (κ2) is 9.80. The Kier molecular flexibility index (Phi) is 7.04. The molecule has 3 N–H and O–H groups in total. The molecule has 4 rings (SSSR count). The van der Waals surface area contributed by atoms with Crippen molar-refractivity contribution in [3.63, 3.8) is 0 Å². The molecule has 2 aliphatic rings. The van der Waals surface area contributed by atoms with Crippen LogP contribution in [0.1, 0.15) is 36.0 Å². The van der Waals surface area contributed by atoms with E-state index < -0.39 is 0 Å². The summed E-state index contributed by atoms with van der Waals surface area (Å²) in [5, 5.41) is 26.1. The van der Waals surface area contributed by atoms with Gasteiger partial charge in [0.2, 0.25) is 5.96 Å². The number of likely N-dealkylation sites (N-methyl/N-ethyl adjacent to an activating group) is 1. The van der Waals surface area contributed by atoms with Gasteiger partial charge in [-0.1, -0.05) is 47.5 Å². The van der Waals surface area contributed by atoms with E-state index in [0.717, 1.165) is 37.7 Å². The Morgan fingerprint density at radius 2 is 1.91 bits per heavy atom. The number of hydrogen-bond acceptors (Lipinski definition) is 4. The molecule has 2 unspecified atom stereocenters. The Morgan fingerprint density at radius 1 is 1.24 bits per heavy atom. The fourth-order valence-corrected chi connectivity index (χ4v) is 5.40. The van der Waals surface area contributed by atoms with E-state index in [1.54, 1.807) is 12.1 Å². The Morgan fingerprint density at radius 3 is 2.52 bits per heavy atom. The lowest BCUT2D eigenvalue weighted by atomic mass is 9.89. The number of halogens is 2. The summed E-state index contributed by atoms with van der Waals surface area (Å²) in [6.45, 7) is 0. The normalized spacial score (nSPS) is 20.0. The van der Waals surface area contributed by atoms with Gasteiger partial charge in [-0.2, -0.15) is 5.26 Å². The van der Waals surface area contributed by atoms with Crippen molar-refractivity contribution in [3.8, 4) is 11.9 Å². The predicted molar refractivity (Wildman–Crippen MR) is 133 cm³/mol. The van der Waals surface area contributed by atoms with Gasteiger partial charge in [0.1, 0.15) is 0 Å². The first-order valence-corrected chi connectivity index (χ1v) is 12.0. The molecule has 0 heterocycles. The molecular formula is C25H29Cl2N5O. The van der Waals surface area contributed by atoms with E-state index in [9.17, 15) is 10.4 Å². The maximum absolute atomic E-state index is 9.90. The van der Waals surface area contributed by atoms with E-state index in [-0.39, 0.29) is 33.4 Å². The molecule has 33 heavy (non-hydrogen) atoms. The maximum atomic E-state index is 9.90. The van der Waals surface area contributed by atoms with Crippen molar-refractivity contribution in [3.05, 3.63) is 63.1 Å². The smallest absolute Gasteiger partial charge is 0.205 e. The van der Waals surface area contributed by atoms with Crippen LogP contribution in [0.2, 0.25) is 10.0 Å². The Balaban J connectivity index is 1.53. The van der Waals surface area contributed by atoms with Crippen LogP contribution in [-0.4, -0.2) is 47.7 Å². The molecule has 8 heteroatoms. The number of hydrogen-bond donors (Lipinski definition) is 3. The van der Waals surface area contributed by atoms with Gasteiger partial charge < -0.3 is 15.3 Å². The molecule has 174 valence electrons. The highest BCUT2D eigenvalue weighted by molar-refractivity contribution is 6.37. The highest BCUT2D eigenvalue weighted by Crippen LogP contribution is 2.43. The van der Waals surface area contributed by atoms with Crippen molar-refractivity contribution < 1.29 is 5.11 Å². The van der Waals surface area contributed by atoms with Gasteiger partial charge in [0, 0.05) is 6.04 Å². The van der Waals surface area contributed by atoms with Gasteiger partial charge >= 0.3 is 0 Å². The minimum absolute atomic E-state index is 0.0931. The van der Waals surface area contributed by atoms with Gasteiger partial charge in [0.15, 0.2) is 11.9 Å². The monoisotopic (exact) mass is 485 g/mol. The molecule has 2 aliphatic carbocycles. The number of benzene rings is 2. The van der Waals surface area contributed by atoms with Gasteiger partial charge in [-0.25, -0.2) is 4.99 Å². The molecule has 2 aromatic rings. The first-order valence-electron chi connectivity index (χ1n) is 11.2. The standard InChI is InChI=1S/C25H29Cl2N5O/c1-32(2)22(13-16-11-20(26)23(33)21(27)12-16)25(9-10-25)31-24(29-15-28)30-19-8-7-17-5-3-4-6-18(17)14-19/h3-6,11-12,19,22,33H,7-10,13-14H2,1-2H3,(H2,29,30,31). The topological polar surface area (TPSA) is 83.7 Å². The number of guanidine groups is 1. The van der Waals surface area contributed by atoms with Crippen LogP contribution in [0, 0.1) is 11.5 Å². The minimum Gasteiger partial charge on any atom is -0.505 e. The predicted octanol–water partition coefficient (Wildman–Crippen LogP) is 4.28. The van der Waals surface area contributed by atoms with Gasteiger partial charge in [-0.15, -0.1) is 0 Å². The van der Waals surface area contributed by atoms with E-state index in [2.05, 4.69) is 39.8 Å². The number of rotatable bonds is 6. The number of fused-ring (bicyclic) bond motifs is 1. The third kappa shape index (κ3) is 5.38. The zero-order valence-electron chi connectivity index (χ0n) is 18.9. The number of nitrogens with one attached hydrogen (secondary N) is 2. The van der Waals surface area contributed by atoms with Gasteiger partial charge in [0.25, 0.3) is 0 Å². The van der Waals surface area contributed by atoms with Crippen LogP contribution < -0.4 is 10.6 Å². The molecule has 0 radical (unpaired) electrons. The number of aromatic hydroxyl groups is 1. The van der Waals surface area contributed by atoms with E-state index >= 15 is 0 Å². The molecule has 6 nitrogen and oxygen atoms in total. The third-order valence-electron chi connectivity index (χ3n) is 6.73. The summed E-state index contributed by atoms with van der Waals surface area (Å²) in [6.07, 6.45) is 7.51. The molecule has 0 aliphatic heterocycles. The van der Waals surface area contributed by atoms with Gasteiger partial charge in [0.05, 0.1) is 21.6 Å². The molecule has 1 saturated carbocycles. The molecule has 0 bridgehead atoms. The van der Waals surface area contributed by atoms with Crippen LogP contribution in [0.5, 0.6) is 5.75 Å². The zero-order valence-corrected chi connectivity index (χ0v) is 20.4. The van der Waals surface area contributed by atoms with Crippen molar-refractivity contribution in [1.82, 2.24) is 15.5 Å². The molecule has 0 amide bonds. The Bertz CT molecular complexity index is 1070. The summed E-state index contributed by atoms with van der Waals surface area (Å²) in [5.74, 6) is 0.442. The minimum atomic E-state index is -0.213. The Labute approximate surface area is 205 Å². The highest BCUT2D eigenvalue weighted by atomic mass is 35.5. The maximum Gasteiger partial charge on any atom is 0.205 e. The molecule has 2 atom stereocenters. The van der Waals surface area contributed by atoms with Crippen LogP contribution in [0.25, 0.3) is 0 Å². The highest BCUT2D eigenvalue weighted by Gasteiger charge is 2.51. The molecule has 0 saturated heterocycles. The second-order valence-electron chi connectivity index (χ2n) is 9.25. The third-order valence-corrected chi connectivity index (χ3v) is 7.31. The van der Waals surface area contributed by atoms with Crippen molar-refractivity contribution in [2.24, 2.45) is 4.99 Å². The summed E-state index contributed by atoms with van der Waals surface area (Å²) in [6, 6.07) is 12.3. The average Bonchev–Trinajstić information content (AvgIpc) is 3.55. The first kappa shape index (κ1) is 23.7. The fourth-order valence-electron chi connectivity index (χ4n) is 4.86. The van der Waals surface area contributed by atoms with E-state index in [0.29, 0.717) is 12.4 Å². The summed E-state index contributed by atoms with van der Waals surface area (Å²) >= 11 is 12.3. The van der Waals surface area contributed by atoms with E-state index in [1.807, 2.05) is 20.3 Å². The Hall–Kier alpha value is -2.46. The molecular weight excluding hydrogens is 457 g/mol. The summed E-state index contributed by atoms with van der Waals surface area (Å²) in [4.78, 5) is 7.09. The van der Waals surface area contributed by atoms with Crippen LogP contribution in [-0.2, 0) is 19.3 Å². The number of aliphatic imine (C=N–C) groups is 1. The molecule has 0 aromatic heterocycles. The lowest BCUT2D eigenvalue weighted by Crippen LogP contribution is -2.55. The van der Waals surface area contributed by atoms with Gasteiger partial charge in [-0.05, 0) is 81.4 Å². The number of nitrogens with zero attached hydrogens (tertiary/aromatic N) is 3. The first-order chi connectivity index (χ1) is 15.8. The average molecular weight is 486 g/mol. The number of phenolic OH excluding ortho intramolecular Hbond substituents is 1. The zero-order chi connectivity index (χ0) is 23.6. The van der Waals surface area contributed by atoms with Crippen molar-refractivity contribution in [2.75, 3.05) is 14.1 Å². The van der Waals surface area contributed by atoms with E-state index in [4.69, 9.17) is 28.2 Å². The largest absolute Gasteiger partial charge is 0.505 e. The number of aryl methyl sites for hydroxylation is 1. The summed E-state index contributed by atoms with van der Waals surface area (Å²) in [7, 11) is 4.09. The second-order valence-corrected chi connectivity index (χ2v) is 10.1. The lowest BCUT2D eigenvalue weighted by molar-refractivity contribution is 0.226. The number of nitriles is 1.